The van der Waals surface area contributed by atoms with E-state index in [9.17, 15) is 9.90 Å². The molecule has 3 nitrogen and oxygen atoms in total. The molecular weight excluding hydrogens is 192 g/mol. The molecule has 0 saturated carbocycles. The molecule has 0 unspecified atom stereocenters. The Balaban J connectivity index is 2.53. The van der Waals surface area contributed by atoms with Crippen LogP contribution in [0.25, 0.3) is 0 Å². The average Bonchev–Trinajstić information content (AvgIpc) is 2.61. The van der Waals surface area contributed by atoms with Crippen molar-refractivity contribution < 1.29 is 14.6 Å². The molecule has 1 fully saturated rings. The van der Waals surface area contributed by atoms with Crippen molar-refractivity contribution in [1.82, 2.24) is 0 Å². The Morgan fingerprint density at radius 2 is 2.47 bits per heavy atom. The lowest BCUT2D eigenvalue weighted by molar-refractivity contribution is -0.140. The highest BCUT2D eigenvalue weighted by Crippen LogP contribution is 2.22. The zero-order valence-corrected chi connectivity index (χ0v) is 9.32. The summed E-state index contributed by atoms with van der Waals surface area (Å²) in [7, 11) is 0. The second-order valence-electron chi connectivity index (χ2n) is 4.23. The lowest BCUT2D eigenvalue weighted by Crippen LogP contribution is -2.19. The van der Waals surface area contributed by atoms with Gasteiger partial charge in [0.05, 0.1) is 5.60 Å². The topological polar surface area (TPSA) is 46.5 Å². The second-order valence-corrected chi connectivity index (χ2v) is 4.23. The number of hydrogen-bond donors (Lipinski definition) is 1. The van der Waals surface area contributed by atoms with Gasteiger partial charge in [-0.2, -0.15) is 0 Å². The first-order chi connectivity index (χ1) is 6.94. The lowest BCUT2D eigenvalue weighted by atomic mass is 9.99. The quantitative estimate of drug-likeness (QED) is 0.570. The fraction of sp³-hybridized carbons (Fsp3) is 0.583. The predicted molar refractivity (Wildman–Crippen MR) is 58.3 cm³/mol. The number of carbonyl (C=O) groups is 1. The van der Waals surface area contributed by atoms with Crippen LogP contribution in [0, 0.1) is 0 Å². The summed E-state index contributed by atoms with van der Waals surface area (Å²) in [6, 6.07) is 0. The zero-order valence-electron chi connectivity index (χ0n) is 9.32. The van der Waals surface area contributed by atoms with Crippen molar-refractivity contribution in [3.05, 3.63) is 24.3 Å². The van der Waals surface area contributed by atoms with E-state index < -0.39 is 5.60 Å². The Morgan fingerprint density at radius 3 is 2.93 bits per heavy atom. The molecule has 0 amide bonds. The fourth-order valence-electron chi connectivity index (χ4n) is 1.43. The van der Waals surface area contributed by atoms with Crippen molar-refractivity contribution in [2.24, 2.45) is 0 Å². The first kappa shape index (κ1) is 12.0. The number of aliphatic hydroxyl groups is 1. The number of esters is 1. The van der Waals surface area contributed by atoms with E-state index in [1.54, 1.807) is 6.92 Å². The molecule has 0 radical (unpaired) electrons. The molecular formula is C12H18O3. The molecule has 0 bridgehead atoms. The highest BCUT2D eigenvalue weighted by molar-refractivity contribution is 5.72. The van der Waals surface area contributed by atoms with E-state index in [0.29, 0.717) is 12.8 Å². The third-order valence-electron chi connectivity index (χ3n) is 2.67. The molecule has 0 aromatic carbocycles. The summed E-state index contributed by atoms with van der Waals surface area (Å²) in [5.74, 6) is -0.136. The maximum Gasteiger partial charge on any atom is 0.306 e. The first-order valence-corrected chi connectivity index (χ1v) is 5.17. The third kappa shape index (κ3) is 3.51. The summed E-state index contributed by atoms with van der Waals surface area (Å²) in [4.78, 5) is 10.9. The van der Waals surface area contributed by atoms with E-state index >= 15 is 0 Å². The van der Waals surface area contributed by atoms with Crippen LogP contribution in [-0.4, -0.2) is 22.8 Å². The molecule has 1 aliphatic heterocycles. The largest absolute Gasteiger partial charge is 0.458 e. The molecule has 0 spiro atoms. The van der Waals surface area contributed by atoms with Crippen molar-refractivity contribution in [3.63, 3.8) is 0 Å². The highest BCUT2D eigenvalue weighted by Gasteiger charge is 2.24. The molecule has 2 atom stereocenters. The zero-order chi connectivity index (χ0) is 11.5. The Bertz CT molecular complexity index is 289. The van der Waals surface area contributed by atoms with Crippen LogP contribution in [0.5, 0.6) is 0 Å². The van der Waals surface area contributed by atoms with Crippen molar-refractivity contribution in [3.8, 4) is 0 Å². The van der Waals surface area contributed by atoms with E-state index in [0.717, 1.165) is 12.0 Å². The maximum absolute atomic E-state index is 10.9. The van der Waals surface area contributed by atoms with E-state index in [1.807, 2.05) is 13.0 Å². The molecule has 1 heterocycles. The summed E-state index contributed by atoms with van der Waals surface area (Å²) in [6.07, 6.45) is 5.06. The van der Waals surface area contributed by atoms with E-state index in [4.69, 9.17) is 4.74 Å². The molecule has 1 rings (SSSR count). The van der Waals surface area contributed by atoms with Gasteiger partial charge >= 0.3 is 5.97 Å². The molecule has 3 heteroatoms. The van der Waals surface area contributed by atoms with Crippen LogP contribution in [0.15, 0.2) is 24.3 Å². The molecule has 0 aromatic rings. The van der Waals surface area contributed by atoms with Crippen molar-refractivity contribution >= 4 is 5.97 Å². The van der Waals surface area contributed by atoms with Gasteiger partial charge in [0, 0.05) is 6.42 Å². The van der Waals surface area contributed by atoms with Crippen molar-refractivity contribution in [1.29, 1.82) is 0 Å². The van der Waals surface area contributed by atoms with Crippen LogP contribution in [0.3, 0.4) is 0 Å². The monoisotopic (exact) mass is 210 g/mol. The van der Waals surface area contributed by atoms with Gasteiger partial charge in [-0.3, -0.25) is 4.79 Å². The van der Waals surface area contributed by atoms with Gasteiger partial charge in [-0.05, 0) is 32.3 Å². The summed E-state index contributed by atoms with van der Waals surface area (Å²) >= 11 is 0. The number of hydrogen-bond acceptors (Lipinski definition) is 3. The van der Waals surface area contributed by atoms with Crippen molar-refractivity contribution in [2.75, 3.05) is 0 Å². The standard InChI is InChI=1S/C12H18O3/c1-4-12(3,14)8-7-9(2)10-5-6-11(13)15-10/h4,7,10,14H,1,5-6,8H2,2-3H3/t10-,12-/m1/s1. The average molecular weight is 210 g/mol. The van der Waals surface area contributed by atoms with Gasteiger partial charge in [-0.1, -0.05) is 12.2 Å². The molecule has 1 saturated heterocycles. The number of carbonyl (C=O) groups excluding carboxylic acids is 1. The SMILES string of the molecule is C=C[C@@](C)(O)CC=C(C)[C@H]1CCC(=O)O1. The molecule has 0 aliphatic carbocycles. The van der Waals surface area contributed by atoms with Gasteiger partial charge in [-0.15, -0.1) is 6.58 Å². The normalized spacial score (nSPS) is 25.9. The smallest absolute Gasteiger partial charge is 0.306 e. The Morgan fingerprint density at radius 1 is 1.80 bits per heavy atom. The van der Waals surface area contributed by atoms with Gasteiger partial charge < -0.3 is 9.84 Å². The molecule has 1 N–H and O–H groups in total. The van der Waals surface area contributed by atoms with Crippen LogP contribution >= 0.6 is 0 Å². The van der Waals surface area contributed by atoms with Crippen LogP contribution < -0.4 is 0 Å². The minimum atomic E-state index is -0.885. The van der Waals surface area contributed by atoms with Crippen LogP contribution in [0.1, 0.15) is 33.1 Å². The van der Waals surface area contributed by atoms with E-state index in [2.05, 4.69) is 6.58 Å². The van der Waals surface area contributed by atoms with Gasteiger partial charge in [0.25, 0.3) is 0 Å². The highest BCUT2D eigenvalue weighted by atomic mass is 16.5. The summed E-state index contributed by atoms with van der Waals surface area (Å²) in [5.41, 5.74) is 0.118. The van der Waals surface area contributed by atoms with Crippen LogP contribution in [0.2, 0.25) is 0 Å². The molecule has 15 heavy (non-hydrogen) atoms. The Kier molecular flexibility index (Phi) is 3.69. The number of rotatable bonds is 4. The van der Waals surface area contributed by atoms with Crippen molar-refractivity contribution in [2.45, 2.75) is 44.8 Å². The molecule has 1 aliphatic rings. The van der Waals surface area contributed by atoms with Gasteiger partial charge in [0.2, 0.25) is 0 Å². The summed E-state index contributed by atoms with van der Waals surface area (Å²) in [6.45, 7) is 7.17. The summed E-state index contributed by atoms with van der Waals surface area (Å²) in [5, 5.41) is 9.70. The molecule has 84 valence electrons. The number of cyclic esters (lactones) is 1. The fourth-order valence-corrected chi connectivity index (χ4v) is 1.43. The lowest BCUT2D eigenvalue weighted by Gasteiger charge is -2.17. The van der Waals surface area contributed by atoms with E-state index in [1.165, 1.54) is 6.08 Å². The minimum Gasteiger partial charge on any atom is -0.458 e. The third-order valence-corrected chi connectivity index (χ3v) is 2.67. The molecule has 0 aromatic heterocycles. The Hall–Kier alpha value is -1.09. The second kappa shape index (κ2) is 4.62. The van der Waals surface area contributed by atoms with Gasteiger partial charge in [0.1, 0.15) is 6.10 Å². The number of ether oxygens (including phenoxy) is 1. The predicted octanol–water partition coefficient (Wildman–Crippen LogP) is 1.97. The minimum absolute atomic E-state index is 0.0990. The van der Waals surface area contributed by atoms with Crippen LogP contribution in [-0.2, 0) is 9.53 Å². The summed E-state index contributed by atoms with van der Waals surface area (Å²) < 4.78 is 5.11. The first-order valence-electron chi connectivity index (χ1n) is 5.17. The van der Waals surface area contributed by atoms with Gasteiger partial charge in [0.15, 0.2) is 0 Å². The maximum atomic E-state index is 10.9. The van der Waals surface area contributed by atoms with E-state index in [-0.39, 0.29) is 12.1 Å². The Labute approximate surface area is 90.4 Å². The van der Waals surface area contributed by atoms with Crippen LogP contribution in [0.4, 0.5) is 0 Å². The van der Waals surface area contributed by atoms with Gasteiger partial charge in [-0.25, -0.2) is 0 Å².